The van der Waals surface area contributed by atoms with Crippen LogP contribution in [0.3, 0.4) is 0 Å². The van der Waals surface area contributed by atoms with Gasteiger partial charge in [-0.15, -0.1) is 0 Å². The van der Waals surface area contributed by atoms with Crippen LogP contribution in [0.15, 0.2) is 18.2 Å². The van der Waals surface area contributed by atoms with Crippen molar-refractivity contribution in [2.24, 2.45) is 0 Å². The third-order valence-electron chi connectivity index (χ3n) is 3.36. The van der Waals surface area contributed by atoms with Crippen LogP contribution in [-0.4, -0.2) is 14.2 Å². The van der Waals surface area contributed by atoms with Crippen LogP contribution >= 0.6 is 0 Å². The van der Waals surface area contributed by atoms with Gasteiger partial charge in [-0.1, -0.05) is 26.8 Å². The first kappa shape index (κ1) is 14.0. The summed E-state index contributed by atoms with van der Waals surface area (Å²) >= 11 is 0. The highest BCUT2D eigenvalue weighted by Crippen LogP contribution is 2.33. The summed E-state index contributed by atoms with van der Waals surface area (Å²) in [7, 11) is 3.70. The second kappa shape index (κ2) is 4.69. The molecular formula is C15H25NO. The number of hydrogen-bond donors (Lipinski definition) is 1. The van der Waals surface area contributed by atoms with Gasteiger partial charge in [0, 0.05) is 11.1 Å². The molecule has 17 heavy (non-hydrogen) atoms. The van der Waals surface area contributed by atoms with Crippen LogP contribution in [0.25, 0.3) is 0 Å². The number of hydrogen-bond acceptors (Lipinski definition) is 2. The van der Waals surface area contributed by atoms with E-state index in [0.29, 0.717) is 0 Å². The first-order chi connectivity index (χ1) is 7.72. The van der Waals surface area contributed by atoms with E-state index in [1.54, 1.807) is 7.11 Å². The molecule has 0 heterocycles. The Kier molecular flexibility index (Phi) is 3.88. The number of methoxy groups -OCH3 is 1. The zero-order chi connectivity index (χ0) is 13.3. The smallest absolute Gasteiger partial charge is 0.123 e. The molecule has 0 saturated heterocycles. The van der Waals surface area contributed by atoms with Gasteiger partial charge in [-0.3, -0.25) is 0 Å². The lowest BCUT2D eigenvalue weighted by molar-refractivity contribution is 0.374. The normalized spacial score (nSPS) is 12.6. The number of ether oxygens (including phenoxy) is 1. The van der Waals surface area contributed by atoms with Gasteiger partial charge in [0.05, 0.1) is 7.11 Å². The molecule has 1 aromatic carbocycles. The van der Waals surface area contributed by atoms with Crippen molar-refractivity contribution in [1.29, 1.82) is 0 Å². The molecule has 1 N–H and O–H groups in total. The lowest BCUT2D eigenvalue weighted by atomic mass is 9.83. The summed E-state index contributed by atoms with van der Waals surface area (Å²) < 4.78 is 5.46. The lowest BCUT2D eigenvalue weighted by Crippen LogP contribution is -2.34. The fourth-order valence-electron chi connectivity index (χ4n) is 1.80. The largest absolute Gasteiger partial charge is 0.496 e. The monoisotopic (exact) mass is 235 g/mol. The quantitative estimate of drug-likeness (QED) is 0.866. The molecule has 0 radical (unpaired) electrons. The summed E-state index contributed by atoms with van der Waals surface area (Å²) in [5.74, 6) is 0.942. The van der Waals surface area contributed by atoms with Gasteiger partial charge in [0.15, 0.2) is 0 Å². The molecule has 0 amide bonds. The average molecular weight is 235 g/mol. The van der Waals surface area contributed by atoms with E-state index in [4.69, 9.17) is 4.74 Å². The Morgan fingerprint density at radius 3 is 2.06 bits per heavy atom. The number of nitrogens with one attached hydrogen (secondary N) is 1. The Labute approximate surface area is 105 Å². The van der Waals surface area contributed by atoms with Gasteiger partial charge in [-0.25, -0.2) is 0 Å². The maximum atomic E-state index is 5.46. The number of rotatable bonds is 3. The van der Waals surface area contributed by atoms with Gasteiger partial charge in [-0.2, -0.15) is 0 Å². The van der Waals surface area contributed by atoms with E-state index in [2.05, 4.69) is 58.1 Å². The Hall–Kier alpha value is -1.02. The van der Waals surface area contributed by atoms with E-state index in [1.807, 2.05) is 7.05 Å². The highest BCUT2D eigenvalue weighted by atomic mass is 16.5. The second-order valence-electron chi connectivity index (χ2n) is 6.04. The van der Waals surface area contributed by atoms with E-state index in [1.165, 1.54) is 11.1 Å². The molecule has 0 saturated carbocycles. The molecule has 0 aliphatic rings. The van der Waals surface area contributed by atoms with E-state index in [0.717, 1.165) is 5.75 Å². The van der Waals surface area contributed by atoms with Crippen LogP contribution < -0.4 is 10.1 Å². The van der Waals surface area contributed by atoms with Crippen molar-refractivity contribution in [3.05, 3.63) is 29.3 Å². The zero-order valence-corrected chi connectivity index (χ0v) is 12.1. The van der Waals surface area contributed by atoms with Crippen molar-refractivity contribution in [2.75, 3.05) is 14.2 Å². The fraction of sp³-hybridized carbons (Fsp3) is 0.600. The molecule has 1 aromatic rings. The standard InChI is InChI=1S/C15H25NO/c1-14(2,3)11-8-9-13(17-7)12(10-11)15(4,5)16-6/h8-10,16H,1-7H3. The topological polar surface area (TPSA) is 21.3 Å². The van der Waals surface area contributed by atoms with Gasteiger partial charge in [-0.05, 0) is 44.0 Å². The second-order valence-corrected chi connectivity index (χ2v) is 6.04. The van der Waals surface area contributed by atoms with Crippen molar-refractivity contribution < 1.29 is 4.74 Å². The summed E-state index contributed by atoms with van der Waals surface area (Å²) in [5.41, 5.74) is 2.60. The zero-order valence-electron chi connectivity index (χ0n) is 12.1. The van der Waals surface area contributed by atoms with E-state index >= 15 is 0 Å². The predicted octanol–water partition coefficient (Wildman–Crippen LogP) is 3.45. The summed E-state index contributed by atoms with van der Waals surface area (Å²) in [6, 6.07) is 6.46. The van der Waals surface area contributed by atoms with Gasteiger partial charge in [0.25, 0.3) is 0 Å². The lowest BCUT2D eigenvalue weighted by Gasteiger charge is -2.29. The molecule has 0 bridgehead atoms. The maximum Gasteiger partial charge on any atom is 0.123 e. The van der Waals surface area contributed by atoms with Crippen LogP contribution in [0.4, 0.5) is 0 Å². The van der Waals surface area contributed by atoms with Crippen molar-refractivity contribution in [3.8, 4) is 5.75 Å². The van der Waals surface area contributed by atoms with Gasteiger partial charge < -0.3 is 10.1 Å². The maximum absolute atomic E-state index is 5.46. The van der Waals surface area contributed by atoms with E-state index in [-0.39, 0.29) is 11.0 Å². The van der Waals surface area contributed by atoms with Gasteiger partial charge in [0.1, 0.15) is 5.75 Å². The molecule has 0 spiro atoms. The third-order valence-corrected chi connectivity index (χ3v) is 3.36. The Morgan fingerprint density at radius 1 is 1.06 bits per heavy atom. The van der Waals surface area contributed by atoms with Crippen LogP contribution in [0.2, 0.25) is 0 Å². The molecule has 2 nitrogen and oxygen atoms in total. The molecule has 0 atom stereocenters. The van der Waals surface area contributed by atoms with Crippen molar-refractivity contribution in [2.45, 2.75) is 45.6 Å². The molecule has 1 rings (SSSR count). The summed E-state index contributed by atoms with van der Waals surface area (Å²) in [6.07, 6.45) is 0. The summed E-state index contributed by atoms with van der Waals surface area (Å²) in [4.78, 5) is 0. The average Bonchev–Trinajstić information content (AvgIpc) is 2.27. The van der Waals surface area contributed by atoms with Gasteiger partial charge in [0.2, 0.25) is 0 Å². The molecule has 96 valence electrons. The highest BCUT2D eigenvalue weighted by Gasteiger charge is 2.24. The van der Waals surface area contributed by atoms with Gasteiger partial charge >= 0.3 is 0 Å². The Balaban J connectivity index is 3.35. The van der Waals surface area contributed by atoms with Crippen LogP contribution in [-0.2, 0) is 11.0 Å². The number of benzene rings is 1. The Morgan fingerprint density at radius 2 is 1.65 bits per heavy atom. The Bertz CT molecular complexity index is 388. The van der Waals surface area contributed by atoms with Crippen LogP contribution in [0.5, 0.6) is 5.75 Å². The fourth-order valence-corrected chi connectivity index (χ4v) is 1.80. The van der Waals surface area contributed by atoms with E-state index in [9.17, 15) is 0 Å². The van der Waals surface area contributed by atoms with Crippen molar-refractivity contribution in [1.82, 2.24) is 5.32 Å². The molecule has 0 aliphatic heterocycles. The van der Waals surface area contributed by atoms with Crippen molar-refractivity contribution >= 4 is 0 Å². The van der Waals surface area contributed by atoms with E-state index < -0.39 is 0 Å². The summed E-state index contributed by atoms with van der Waals surface area (Å²) in [5, 5.41) is 3.33. The third kappa shape index (κ3) is 3.01. The highest BCUT2D eigenvalue weighted by molar-refractivity contribution is 5.43. The SMILES string of the molecule is CNC(C)(C)c1cc(C(C)(C)C)ccc1OC. The molecule has 0 aliphatic carbocycles. The molecule has 0 unspecified atom stereocenters. The minimum Gasteiger partial charge on any atom is -0.496 e. The minimum atomic E-state index is -0.0907. The minimum absolute atomic E-state index is 0.0907. The first-order valence-electron chi connectivity index (χ1n) is 6.10. The molecule has 0 aromatic heterocycles. The first-order valence-corrected chi connectivity index (χ1v) is 6.10. The van der Waals surface area contributed by atoms with Crippen molar-refractivity contribution in [3.63, 3.8) is 0 Å². The molecule has 0 fully saturated rings. The molecule has 2 heteroatoms. The van der Waals surface area contributed by atoms with Crippen LogP contribution in [0.1, 0.15) is 45.7 Å². The molecular weight excluding hydrogens is 210 g/mol. The predicted molar refractivity (Wildman–Crippen MR) is 73.8 cm³/mol. The summed E-state index contributed by atoms with van der Waals surface area (Å²) in [6.45, 7) is 11.0. The van der Waals surface area contributed by atoms with Crippen LogP contribution in [0, 0.1) is 0 Å².